The van der Waals surface area contributed by atoms with Crippen molar-refractivity contribution in [3.63, 3.8) is 0 Å². The molecule has 20 heavy (non-hydrogen) atoms. The normalized spacial score (nSPS) is 20.9. The van der Waals surface area contributed by atoms with E-state index >= 15 is 0 Å². The number of cyclic esters (lactones) is 1. The van der Waals surface area contributed by atoms with Gasteiger partial charge in [0.05, 0.1) is 11.5 Å². The molecule has 0 spiro atoms. The van der Waals surface area contributed by atoms with Crippen LogP contribution < -0.4 is 0 Å². The molecule has 7 nitrogen and oxygen atoms in total. The van der Waals surface area contributed by atoms with Gasteiger partial charge in [-0.15, -0.1) is 0 Å². The first kappa shape index (κ1) is 14.3. The molecular weight excluding hydrogens is 264 g/mol. The van der Waals surface area contributed by atoms with Gasteiger partial charge in [-0.3, -0.25) is 15.0 Å². The molecule has 1 saturated heterocycles. The van der Waals surface area contributed by atoms with Crippen LogP contribution in [0.1, 0.15) is 19.4 Å². The van der Waals surface area contributed by atoms with Crippen LogP contribution in [-0.2, 0) is 16.0 Å². The summed E-state index contributed by atoms with van der Waals surface area (Å²) in [5.41, 5.74) is -0.385. The summed E-state index contributed by atoms with van der Waals surface area (Å²) in [6.45, 7) is 3.54. The van der Waals surface area contributed by atoms with E-state index in [1.54, 1.807) is 32.0 Å². The van der Waals surface area contributed by atoms with Crippen molar-refractivity contribution in [2.24, 2.45) is 0 Å². The number of nitro groups is 1. The van der Waals surface area contributed by atoms with E-state index in [1.165, 1.54) is 18.1 Å². The standard InChI is InChI=1S/C13H16N2O5/c1-13(2)11(19-3)14(12(16)20-13)8-9-6-4-5-7-10(9)15(17)18/h4-7,11H,8H2,1-3H3. The molecule has 1 atom stereocenters. The number of benzene rings is 1. The van der Waals surface area contributed by atoms with Gasteiger partial charge in [-0.25, -0.2) is 4.79 Å². The summed E-state index contributed by atoms with van der Waals surface area (Å²) in [5, 5.41) is 11.0. The van der Waals surface area contributed by atoms with Crippen LogP contribution in [0.25, 0.3) is 0 Å². The number of rotatable bonds is 4. The summed E-state index contributed by atoms with van der Waals surface area (Å²) in [6, 6.07) is 6.30. The summed E-state index contributed by atoms with van der Waals surface area (Å²) in [4.78, 5) is 23.8. The average molecular weight is 280 g/mol. The van der Waals surface area contributed by atoms with Crippen LogP contribution in [0.2, 0.25) is 0 Å². The predicted octanol–water partition coefficient (Wildman–Crippen LogP) is 2.30. The molecule has 1 fully saturated rings. The van der Waals surface area contributed by atoms with Gasteiger partial charge in [0.2, 0.25) is 0 Å². The molecule has 1 unspecified atom stereocenters. The van der Waals surface area contributed by atoms with E-state index < -0.39 is 22.8 Å². The van der Waals surface area contributed by atoms with Gasteiger partial charge in [-0.2, -0.15) is 0 Å². The molecule has 1 aromatic carbocycles. The lowest BCUT2D eigenvalue weighted by Crippen LogP contribution is -2.42. The molecule has 0 bridgehead atoms. The number of ether oxygens (including phenoxy) is 2. The fourth-order valence-corrected chi connectivity index (χ4v) is 2.37. The van der Waals surface area contributed by atoms with Crippen LogP contribution >= 0.6 is 0 Å². The Balaban J connectivity index is 2.30. The summed E-state index contributed by atoms with van der Waals surface area (Å²) >= 11 is 0. The molecule has 0 N–H and O–H groups in total. The number of amides is 1. The third kappa shape index (κ3) is 2.44. The van der Waals surface area contributed by atoms with E-state index in [1.807, 2.05) is 0 Å². The van der Waals surface area contributed by atoms with Gasteiger partial charge < -0.3 is 9.47 Å². The zero-order valence-corrected chi connectivity index (χ0v) is 11.5. The molecule has 1 aliphatic rings. The van der Waals surface area contributed by atoms with E-state index in [9.17, 15) is 14.9 Å². The largest absolute Gasteiger partial charge is 0.439 e. The maximum Gasteiger partial charge on any atom is 0.412 e. The van der Waals surface area contributed by atoms with Crippen molar-refractivity contribution in [1.29, 1.82) is 0 Å². The molecule has 1 heterocycles. The third-order valence-electron chi connectivity index (χ3n) is 3.21. The first-order valence-electron chi connectivity index (χ1n) is 6.11. The maximum atomic E-state index is 11.9. The molecular formula is C13H16N2O5. The Kier molecular flexibility index (Phi) is 3.63. The highest BCUT2D eigenvalue weighted by Crippen LogP contribution is 2.32. The van der Waals surface area contributed by atoms with E-state index in [2.05, 4.69) is 0 Å². The van der Waals surface area contributed by atoms with E-state index in [-0.39, 0.29) is 12.2 Å². The zero-order valence-electron chi connectivity index (χ0n) is 11.5. The van der Waals surface area contributed by atoms with Crippen molar-refractivity contribution in [1.82, 2.24) is 4.90 Å². The van der Waals surface area contributed by atoms with Crippen molar-refractivity contribution in [2.45, 2.75) is 32.2 Å². The van der Waals surface area contributed by atoms with Crippen LogP contribution in [0.3, 0.4) is 0 Å². The van der Waals surface area contributed by atoms with Crippen molar-refractivity contribution >= 4 is 11.8 Å². The SMILES string of the molecule is COC1N(Cc2ccccc2[N+](=O)[O-])C(=O)OC1(C)C. The monoisotopic (exact) mass is 280 g/mol. The molecule has 108 valence electrons. The lowest BCUT2D eigenvalue weighted by molar-refractivity contribution is -0.385. The van der Waals surface area contributed by atoms with Crippen molar-refractivity contribution in [2.75, 3.05) is 7.11 Å². The Labute approximate surface area is 116 Å². The molecule has 2 rings (SSSR count). The number of para-hydroxylation sites is 1. The fraction of sp³-hybridized carbons (Fsp3) is 0.462. The summed E-state index contributed by atoms with van der Waals surface area (Å²) in [7, 11) is 1.47. The molecule has 1 aliphatic heterocycles. The van der Waals surface area contributed by atoms with E-state index in [0.29, 0.717) is 5.56 Å². The summed E-state index contributed by atoms with van der Waals surface area (Å²) in [5.74, 6) is 0. The quantitative estimate of drug-likeness (QED) is 0.624. The smallest absolute Gasteiger partial charge is 0.412 e. The van der Waals surface area contributed by atoms with Gasteiger partial charge in [-0.1, -0.05) is 18.2 Å². The van der Waals surface area contributed by atoms with Gasteiger partial charge >= 0.3 is 6.09 Å². The van der Waals surface area contributed by atoms with Crippen LogP contribution in [0, 0.1) is 10.1 Å². The lowest BCUT2D eigenvalue weighted by atomic mass is 10.1. The van der Waals surface area contributed by atoms with Gasteiger partial charge in [0.25, 0.3) is 5.69 Å². The van der Waals surface area contributed by atoms with Crippen molar-refractivity contribution in [3.8, 4) is 0 Å². The maximum absolute atomic E-state index is 11.9. The minimum atomic E-state index is -0.796. The van der Waals surface area contributed by atoms with Crippen LogP contribution in [0.5, 0.6) is 0 Å². The van der Waals surface area contributed by atoms with Crippen LogP contribution in [-0.4, -0.2) is 34.9 Å². The van der Waals surface area contributed by atoms with Crippen LogP contribution in [0.4, 0.5) is 10.5 Å². The number of methoxy groups -OCH3 is 1. The molecule has 1 amide bonds. The predicted molar refractivity (Wildman–Crippen MR) is 70.0 cm³/mol. The van der Waals surface area contributed by atoms with Gasteiger partial charge in [0.1, 0.15) is 0 Å². The number of carbonyl (C=O) groups is 1. The fourth-order valence-electron chi connectivity index (χ4n) is 2.37. The highest BCUT2D eigenvalue weighted by molar-refractivity contribution is 5.71. The van der Waals surface area contributed by atoms with Gasteiger partial charge in [-0.05, 0) is 13.8 Å². The Hall–Kier alpha value is -2.15. The molecule has 0 aromatic heterocycles. The summed E-state index contributed by atoms with van der Waals surface area (Å²) in [6.07, 6.45) is -1.13. The number of carbonyl (C=O) groups excluding carboxylic acids is 1. The topological polar surface area (TPSA) is 81.9 Å². The average Bonchev–Trinajstić information content (AvgIpc) is 2.58. The minimum Gasteiger partial charge on any atom is -0.439 e. The Morgan fingerprint density at radius 1 is 1.45 bits per heavy atom. The molecule has 0 radical (unpaired) electrons. The number of nitro benzene ring substituents is 1. The van der Waals surface area contributed by atoms with Crippen molar-refractivity contribution < 1.29 is 19.2 Å². The van der Waals surface area contributed by atoms with Gasteiger partial charge in [0.15, 0.2) is 11.8 Å². The molecule has 0 saturated carbocycles. The van der Waals surface area contributed by atoms with E-state index in [4.69, 9.17) is 9.47 Å². The highest BCUT2D eigenvalue weighted by atomic mass is 16.6. The van der Waals surface area contributed by atoms with Gasteiger partial charge in [0, 0.05) is 18.7 Å². The second-order valence-electron chi connectivity index (χ2n) is 5.07. The second-order valence-corrected chi connectivity index (χ2v) is 5.07. The number of nitrogens with zero attached hydrogens (tertiary/aromatic N) is 2. The number of hydrogen-bond donors (Lipinski definition) is 0. The molecule has 0 aliphatic carbocycles. The third-order valence-corrected chi connectivity index (χ3v) is 3.21. The second kappa shape index (κ2) is 5.09. The zero-order chi connectivity index (χ0) is 14.9. The highest BCUT2D eigenvalue weighted by Gasteiger charge is 2.48. The molecule has 1 aromatic rings. The Bertz CT molecular complexity index is 543. The lowest BCUT2D eigenvalue weighted by Gasteiger charge is -2.27. The summed E-state index contributed by atoms with van der Waals surface area (Å²) < 4.78 is 10.5. The first-order chi connectivity index (χ1) is 9.36. The van der Waals surface area contributed by atoms with Crippen LogP contribution in [0.15, 0.2) is 24.3 Å². The molecule has 7 heteroatoms. The van der Waals surface area contributed by atoms with E-state index in [0.717, 1.165) is 0 Å². The Morgan fingerprint density at radius 3 is 2.70 bits per heavy atom. The number of hydrogen-bond acceptors (Lipinski definition) is 5. The Morgan fingerprint density at radius 2 is 2.10 bits per heavy atom. The first-order valence-corrected chi connectivity index (χ1v) is 6.11. The minimum absolute atomic E-state index is 0.0279. The van der Waals surface area contributed by atoms with Crippen molar-refractivity contribution in [3.05, 3.63) is 39.9 Å².